The van der Waals surface area contributed by atoms with E-state index in [1.807, 2.05) is 10.8 Å². The summed E-state index contributed by atoms with van der Waals surface area (Å²) in [6.07, 6.45) is 0.276. The summed E-state index contributed by atoms with van der Waals surface area (Å²) in [4.78, 5) is 10.6. The first-order valence-corrected chi connectivity index (χ1v) is 8.75. The number of thiophene rings is 1. The smallest absolute Gasteiger partial charge is 0.337 e. The van der Waals surface area contributed by atoms with Crippen molar-refractivity contribution in [3.63, 3.8) is 0 Å². The Kier molecular flexibility index (Phi) is 4.65. The average molecular weight is 349 g/mol. The summed E-state index contributed by atoms with van der Waals surface area (Å²) < 4.78 is 37.9. The van der Waals surface area contributed by atoms with Crippen LogP contribution in [0.25, 0.3) is 0 Å². The fourth-order valence-corrected chi connectivity index (χ4v) is 3.92. The SMILES string of the molecule is O=C(O)c1cc(S(=O)(=O)CCc2ccsc2)cc(F)c1Cl. The van der Waals surface area contributed by atoms with Gasteiger partial charge in [-0.05, 0) is 40.9 Å². The Morgan fingerprint density at radius 3 is 2.67 bits per heavy atom. The van der Waals surface area contributed by atoms with E-state index in [-0.39, 0.29) is 17.1 Å². The van der Waals surface area contributed by atoms with Crippen molar-refractivity contribution in [1.29, 1.82) is 0 Å². The Hall–Kier alpha value is -1.44. The zero-order valence-corrected chi connectivity index (χ0v) is 12.9. The molecule has 0 radical (unpaired) electrons. The highest BCUT2D eigenvalue weighted by Gasteiger charge is 2.22. The highest BCUT2D eigenvalue weighted by atomic mass is 35.5. The predicted octanol–water partition coefficient (Wildman–Crippen LogP) is 3.26. The lowest BCUT2D eigenvalue weighted by molar-refractivity contribution is 0.0696. The van der Waals surface area contributed by atoms with Crippen LogP contribution in [0.5, 0.6) is 0 Å². The first kappa shape index (κ1) is 15.9. The molecule has 2 rings (SSSR count). The normalized spacial score (nSPS) is 11.5. The molecule has 0 fully saturated rings. The van der Waals surface area contributed by atoms with Crippen LogP contribution in [-0.2, 0) is 16.3 Å². The monoisotopic (exact) mass is 348 g/mol. The molecule has 1 heterocycles. The number of rotatable bonds is 5. The van der Waals surface area contributed by atoms with Gasteiger partial charge in [-0.3, -0.25) is 0 Å². The van der Waals surface area contributed by atoms with E-state index in [0.29, 0.717) is 0 Å². The number of aromatic carboxylic acids is 1. The molecule has 0 aliphatic carbocycles. The van der Waals surface area contributed by atoms with Gasteiger partial charge < -0.3 is 5.11 Å². The fourth-order valence-electron chi connectivity index (χ4n) is 1.70. The Labute approximate surface area is 129 Å². The van der Waals surface area contributed by atoms with Crippen molar-refractivity contribution in [3.05, 3.63) is 50.9 Å². The molecular weight excluding hydrogens is 339 g/mol. The lowest BCUT2D eigenvalue weighted by atomic mass is 10.2. The molecule has 0 amide bonds. The van der Waals surface area contributed by atoms with Gasteiger partial charge in [-0.15, -0.1) is 0 Å². The molecule has 0 spiro atoms. The van der Waals surface area contributed by atoms with Crippen molar-refractivity contribution in [3.8, 4) is 0 Å². The molecule has 0 saturated heterocycles. The maximum absolute atomic E-state index is 13.6. The van der Waals surface area contributed by atoms with Crippen molar-refractivity contribution in [2.45, 2.75) is 11.3 Å². The van der Waals surface area contributed by atoms with E-state index in [2.05, 4.69) is 0 Å². The van der Waals surface area contributed by atoms with E-state index >= 15 is 0 Å². The van der Waals surface area contributed by atoms with Crippen molar-refractivity contribution < 1.29 is 22.7 Å². The summed E-state index contributed by atoms with van der Waals surface area (Å²) in [5, 5.41) is 12.0. The Balaban J connectivity index is 2.33. The van der Waals surface area contributed by atoms with Gasteiger partial charge in [-0.2, -0.15) is 11.3 Å². The van der Waals surface area contributed by atoms with Gasteiger partial charge in [0.15, 0.2) is 9.84 Å². The van der Waals surface area contributed by atoms with E-state index in [1.54, 1.807) is 6.07 Å². The molecule has 2 aromatic rings. The predicted molar refractivity (Wildman–Crippen MR) is 78.4 cm³/mol. The molecule has 112 valence electrons. The minimum absolute atomic E-state index is 0.232. The molecule has 0 aliphatic rings. The third-order valence-corrected chi connectivity index (χ3v) is 5.64. The Morgan fingerprint density at radius 1 is 1.38 bits per heavy atom. The van der Waals surface area contributed by atoms with Gasteiger partial charge in [0, 0.05) is 0 Å². The fraction of sp³-hybridized carbons (Fsp3) is 0.154. The van der Waals surface area contributed by atoms with Crippen LogP contribution in [0.15, 0.2) is 33.9 Å². The molecule has 1 aromatic carbocycles. The van der Waals surface area contributed by atoms with Crippen LogP contribution >= 0.6 is 22.9 Å². The van der Waals surface area contributed by atoms with Crippen molar-refractivity contribution in [2.75, 3.05) is 5.75 Å². The van der Waals surface area contributed by atoms with E-state index in [1.165, 1.54) is 11.3 Å². The maximum Gasteiger partial charge on any atom is 0.337 e. The maximum atomic E-state index is 13.6. The number of carboxylic acids is 1. The molecule has 0 unspecified atom stereocenters. The molecular formula is C13H10ClFO4S2. The topological polar surface area (TPSA) is 71.4 Å². The van der Waals surface area contributed by atoms with Crippen LogP contribution in [0.2, 0.25) is 5.02 Å². The van der Waals surface area contributed by atoms with Crippen molar-refractivity contribution in [1.82, 2.24) is 0 Å². The van der Waals surface area contributed by atoms with Gasteiger partial charge in [-0.1, -0.05) is 11.6 Å². The Morgan fingerprint density at radius 2 is 2.10 bits per heavy atom. The van der Waals surface area contributed by atoms with Gasteiger partial charge in [0.25, 0.3) is 0 Å². The molecule has 0 atom stereocenters. The van der Waals surface area contributed by atoms with Crippen LogP contribution < -0.4 is 0 Å². The molecule has 1 N–H and O–H groups in total. The average Bonchev–Trinajstić information content (AvgIpc) is 2.92. The number of carbonyl (C=O) groups is 1. The molecule has 1 aromatic heterocycles. The number of hydrogen-bond donors (Lipinski definition) is 1. The summed E-state index contributed by atoms with van der Waals surface area (Å²) in [6.45, 7) is 0. The first-order chi connectivity index (χ1) is 9.81. The number of carboxylic acid groups (broad SMARTS) is 1. The van der Waals surface area contributed by atoms with E-state index < -0.39 is 32.2 Å². The van der Waals surface area contributed by atoms with Gasteiger partial charge in [-0.25, -0.2) is 17.6 Å². The molecule has 4 nitrogen and oxygen atoms in total. The number of hydrogen-bond acceptors (Lipinski definition) is 4. The van der Waals surface area contributed by atoms with Crippen molar-refractivity contribution in [2.24, 2.45) is 0 Å². The molecule has 0 bridgehead atoms. The highest BCUT2D eigenvalue weighted by Crippen LogP contribution is 2.25. The number of benzene rings is 1. The van der Waals surface area contributed by atoms with E-state index in [9.17, 15) is 17.6 Å². The zero-order chi connectivity index (χ0) is 15.6. The second-order valence-electron chi connectivity index (χ2n) is 4.27. The minimum Gasteiger partial charge on any atom is -0.478 e. The van der Waals surface area contributed by atoms with Crippen LogP contribution in [0.3, 0.4) is 0 Å². The molecule has 0 saturated carbocycles. The van der Waals surface area contributed by atoms with Gasteiger partial charge in [0.05, 0.1) is 21.2 Å². The molecule has 0 aliphatic heterocycles. The highest BCUT2D eigenvalue weighted by molar-refractivity contribution is 7.91. The second kappa shape index (κ2) is 6.13. The largest absolute Gasteiger partial charge is 0.478 e. The first-order valence-electron chi connectivity index (χ1n) is 5.77. The standard InChI is InChI=1S/C13H10ClFO4S2/c14-12-10(13(16)17)5-9(6-11(12)15)21(18,19)4-2-8-1-3-20-7-8/h1,3,5-7H,2,4H2,(H,16,17). The summed E-state index contributed by atoms with van der Waals surface area (Å²) in [5.41, 5.74) is 0.294. The van der Waals surface area contributed by atoms with E-state index in [4.69, 9.17) is 16.7 Å². The summed E-state index contributed by atoms with van der Waals surface area (Å²) in [5.74, 6) is -2.77. The van der Waals surface area contributed by atoms with E-state index in [0.717, 1.165) is 17.7 Å². The number of halogens is 2. The van der Waals surface area contributed by atoms with Gasteiger partial charge in [0.2, 0.25) is 0 Å². The lowest BCUT2D eigenvalue weighted by Crippen LogP contribution is -2.11. The summed E-state index contributed by atoms with van der Waals surface area (Å²) >= 11 is 6.97. The van der Waals surface area contributed by atoms with Gasteiger partial charge in [0.1, 0.15) is 5.82 Å². The molecule has 8 heteroatoms. The lowest BCUT2D eigenvalue weighted by Gasteiger charge is -2.07. The third kappa shape index (κ3) is 3.61. The number of sulfone groups is 1. The second-order valence-corrected chi connectivity index (χ2v) is 7.54. The van der Waals surface area contributed by atoms with Crippen molar-refractivity contribution >= 4 is 38.7 Å². The van der Waals surface area contributed by atoms with Crippen LogP contribution in [-0.4, -0.2) is 25.2 Å². The molecule has 21 heavy (non-hydrogen) atoms. The third-order valence-electron chi connectivity index (χ3n) is 2.83. The minimum atomic E-state index is -3.79. The Bertz CT molecular complexity index is 770. The summed E-state index contributed by atoms with van der Waals surface area (Å²) in [6, 6.07) is 3.43. The summed E-state index contributed by atoms with van der Waals surface area (Å²) in [7, 11) is -3.79. The number of aryl methyl sites for hydroxylation is 1. The quantitative estimate of drug-likeness (QED) is 0.900. The zero-order valence-electron chi connectivity index (χ0n) is 10.5. The van der Waals surface area contributed by atoms with Crippen LogP contribution in [0.1, 0.15) is 15.9 Å². The van der Waals surface area contributed by atoms with Crippen LogP contribution in [0.4, 0.5) is 4.39 Å². The van der Waals surface area contributed by atoms with Crippen LogP contribution in [0, 0.1) is 5.82 Å². The van der Waals surface area contributed by atoms with Gasteiger partial charge >= 0.3 is 5.97 Å².